The number of hydrogen-bond donors (Lipinski definition) is 1. The Balaban J connectivity index is 1.91. The van der Waals surface area contributed by atoms with Crippen molar-refractivity contribution in [1.82, 2.24) is 9.62 Å². The number of nitrogens with zero attached hydrogens (tertiary/aromatic N) is 1. The number of rotatable bonds is 3. The molecule has 150 valence electrons. The molecule has 1 aromatic rings. The first-order valence-corrected chi connectivity index (χ1v) is 11.1. The number of aryl methyl sites for hydroxylation is 1. The van der Waals surface area contributed by atoms with Crippen LogP contribution in [0.1, 0.15) is 62.4 Å². The molecule has 2 fully saturated rings. The molecule has 1 aromatic carbocycles. The Morgan fingerprint density at radius 2 is 1.93 bits per heavy atom. The monoisotopic (exact) mass is 394 g/mol. The summed E-state index contributed by atoms with van der Waals surface area (Å²) in [6.45, 7) is 8.32. The summed E-state index contributed by atoms with van der Waals surface area (Å²) in [7, 11) is -3.69. The summed E-state index contributed by atoms with van der Waals surface area (Å²) < 4.78 is 33.9. The molecule has 2 aliphatic rings. The van der Waals surface area contributed by atoms with Gasteiger partial charge in [0.25, 0.3) is 5.91 Å². The van der Waals surface area contributed by atoms with Crippen molar-refractivity contribution in [2.24, 2.45) is 0 Å². The smallest absolute Gasteiger partial charge is 0.254 e. The van der Waals surface area contributed by atoms with Gasteiger partial charge in [0.05, 0.1) is 23.6 Å². The van der Waals surface area contributed by atoms with Gasteiger partial charge in [0.2, 0.25) is 10.0 Å². The minimum Gasteiger partial charge on any atom is -0.374 e. The zero-order valence-corrected chi connectivity index (χ0v) is 17.4. The van der Waals surface area contributed by atoms with E-state index in [1.54, 1.807) is 32.9 Å². The topological polar surface area (TPSA) is 75.7 Å². The van der Waals surface area contributed by atoms with E-state index in [0.717, 1.165) is 31.2 Å². The molecule has 2 unspecified atom stereocenters. The van der Waals surface area contributed by atoms with Gasteiger partial charge in [0.1, 0.15) is 0 Å². The largest absolute Gasteiger partial charge is 0.374 e. The lowest BCUT2D eigenvalue weighted by Gasteiger charge is -2.44. The van der Waals surface area contributed by atoms with Gasteiger partial charge in [-0.05, 0) is 58.2 Å². The maximum atomic E-state index is 13.3. The summed E-state index contributed by atoms with van der Waals surface area (Å²) in [4.78, 5) is 15.3. The molecule has 1 saturated carbocycles. The van der Waals surface area contributed by atoms with Crippen LogP contribution in [0.3, 0.4) is 0 Å². The molecule has 1 heterocycles. The quantitative estimate of drug-likeness (QED) is 0.855. The fraction of sp³-hybridized carbons (Fsp3) is 0.650. The molecule has 7 heteroatoms. The Bertz CT molecular complexity index is 812. The van der Waals surface area contributed by atoms with Crippen LogP contribution < -0.4 is 4.72 Å². The minimum atomic E-state index is -3.69. The van der Waals surface area contributed by atoms with Crippen molar-refractivity contribution in [2.75, 3.05) is 13.2 Å². The SMILES string of the molecule is Cc1ccc(S(=O)(=O)NC(C)(C)C)cc1C(=O)N1CCOC2CCCCC21. The highest BCUT2D eigenvalue weighted by Gasteiger charge is 2.37. The Labute approximate surface area is 162 Å². The van der Waals surface area contributed by atoms with Crippen LogP contribution in [0.2, 0.25) is 0 Å². The predicted octanol–water partition coefficient (Wildman–Crippen LogP) is 2.86. The molecular weight excluding hydrogens is 364 g/mol. The van der Waals surface area contributed by atoms with Crippen LogP contribution in [0, 0.1) is 6.92 Å². The van der Waals surface area contributed by atoms with Crippen LogP contribution in [0.4, 0.5) is 0 Å². The number of morpholine rings is 1. The maximum Gasteiger partial charge on any atom is 0.254 e. The molecule has 0 spiro atoms. The number of hydrogen-bond acceptors (Lipinski definition) is 4. The second kappa shape index (κ2) is 7.53. The van der Waals surface area contributed by atoms with Crippen LogP contribution in [0.25, 0.3) is 0 Å². The van der Waals surface area contributed by atoms with Crippen molar-refractivity contribution in [3.05, 3.63) is 29.3 Å². The molecule has 1 amide bonds. The van der Waals surface area contributed by atoms with E-state index in [9.17, 15) is 13.2 Å². The minimum absolute atomic E-state index is 0.0902. The second-order valence-corrected chi connectivity index (χ2v) is 10.3. The molecule has 27 heavy (non-hydrogen) atoms. The van der Waals surface area contributed by atoms with Crippen LogP contribution in [0.15, 0.2) is 23.1 Å². The molecule has 0 radical (unpaired) electrons. The average molecular weight is 395 g/mol. The van der Waals surface area contributed by atoms with Gasteiger partial charge in [0.15, 0.2) is 0 Å². The van der Waals surface area contributed by atoms with Gasteiger partial charge in [-0.3, -0.25) is 4.79 Å². The molecule has 1 N–H and O–H groups in total. The van der Waals surface area contributed by atoms with Gasteiger partial charge < -0.3 is 9.64 Å². The Morgan fingerprint density at radius 3 is 2.63 bits per heavy atom. The highest BCUT2D eigenvalue weighted by Crippen LogP contribution is 2.30. The summed E-state index contributed by atoms with van der Waals surface area (Å²) in [5.74, 6) is -0.0968. The molecular formula is C20H30N2O4S. The molecule has 1 saturated heterocycles. The molecule has 6 nitrogen and oxygen atoms in total. The van der Waals surface area contributed by atoms with Crippen molar-refractivity contribution < 1.29 is 17.9 Å². The number of sulfonamides is 1. The Morgan fingerprint density at radius 1 is 1.22 bits per heavy atom. The highest BCUT2D eigenvalue weighted by atomic mass is 32.2. The van der Waals surface area contributed by atoms with E-state index in [0.29, 0.717) is 18.7 Å². The lowest BCUT2D eigenvalue weighted by molar-refractivity contribution is -0.0753. The first-order chi connectivity index (χ1) is 12.6. The average Bonchev–Trinajstić information content (AvgIpc) is 2.59. The number of nitrogens with one attached hydrogen (secondary N) is 1. The number of fused-ring (bicyclic) bond motifs is 1. The Hall–Kier alpha value is -1.44. The van der Waals surface area contributed by atoms with Crippen molar-refractivity contribution in [2.45, 2.75) is 76.0 Å². The summed E-state index contributed by atoms with van der Waals surface area (Å²) in [6.07, 6.45) is 4.26. The van der Waals surface area contributed by atoms with Crippen molar-refractivity contribution in [3.8, 4) is 0 Å². The van der Waals surface area contributed by atoms with Crippen LogP contribution in [-0.4, -0.2) is 50.1 Å². The molecule has 0 aromatic heterocycles. The van der Waals surface area contributed by atoms with Crippen LogP contribution in [0.5, 0.6) is 0 Å². The molecule has 3 rings (SSSR count). The fourth-order valence-corrected chi connectivity index (χ4v) is 5.41. The van der Waals surface area contributed by atoms with Gasteiger partial charge in [0, 0.05) is 17.6 Å². The van der Waals surface area contributed by atoms with Crippen molar-refractivity contribution in [1.29, 1.82) is 0 Å². The van der Waals surface area contributed by atoms with Crippen LogP contribution in [-0.2, 0) is 14.8 Å². The summed E-state index contributed by atoms with van der Waals surface area (Å²) in [6, 6.07) is 4.87. The normalized spacial score (nSPS) is 23.8. The number of amides is 1. The number of benzene rings is 1. The van der Waals surface area contributed by atoms with E-state index >= 15 is 0 Å². The lowest BCUT2D eigenvalue weighted by atomic mass is 9.89. The van der Waals surface area contributed by atoms with Gasteiger partial charge >= 0.3 is 0 Å². The van der Waals surface area contributed by atoms with Gasteiger partial charge in [-0.1, -0.05) is 18.9 Å². The third kappa shape index (κ3) is 4.52. The predicted molar refractivity (Wildman–Crippen MR) is 104 cm³/mol. The third-order valence-electron chi connectivity index (χ3n) is 5.18. The highest BCUT2D eigenvalue weighted by molar-refractivity contribution is 7.89. The molecule has 1 aliphatic heterocycles. The van der Waals surface area contributed by atoms with E-state index in [-0.39, 0.29) is 22.9 Å². The van der Waals surface area contributed by atoms with Gasteiger partial charge in [-0.2, -0.15) is 0 Å². The van der Waals surface area contributed by atoms with Crippen molar-refractivity contribution >= 4 is 15.9 Å². The fourth-order valence-electron chi connectivity index (χ4n) is 3.96. The molecule has 0 bridgehead atoms. The van der Waals surface area contributed by atoms with Crippen LogP contribution >= 0.6 is 0 Å². The summed E-state index contributed by atoms with van der Waals surface area (Å²) in [5.41, 5.74) is 0.652. The molecule has 2 atom stereocenters. The molecule has 1 aliphatic carbocycles. The van der Waals surface area contributed by atoms with E-state index in [4.69, 9.17) is 4.74 Å². The maximum absolute atomic E-state index is 13.3. The second-order valence-electron chi connectivity index (χ2n) is 8.59. The summed E-state index contributed by atoms with van der Waals surface area (Å²) in [5, 5.41) is 0. The number of carbonyl (C=O) groups excluding carboxylic acids is 1. The Kier molecular flexibility index (Phi) is 5.66. The third-order valence-corrected chi connectivity index (χ3v) is 6.94. The van der Waals surface area contributed by atoms with E-state index < -0.39 is 15.6 Å². The summed E-state index contributed by atoms with van der Waals surface area (Å²) >= 11 is 0. The zero-order valence-electron chi connectivity index (χ0n) is 16.6. The van der Waals surface area contributed by atoms with Gasteiger partial charge in [-0.15, -0.1) is 0 Å². The number of carbonyl (C=O) groups is 1. The standard InChI is InChI=1S/C20H30N2O4S/c1-14-9-10-15(27(24,25)21-20(2,3)4)13-16(14)19(23)22-11-12-26-18-8-6-5-7-17(18)22/h9-10,13,17-18,21H,5-8,11-12H2,1-4H3. The van der Waals surface area contributed by atoms with Gasteiger partial charge in [-0.25, -0.2) is 13.1 Å². The zero-order chi connectivity index (χ0) is 19.8. The van der Waals surface area contributed by atoms with E-state index in [1.807, 2.05) is 11.8 Å². The van der Waals surface area contributed by atoms with E-state index in [1.165, 1.54) is 6.07 Å². The van der Waals surface area contributed by atoms with Crippen molar-refractivity contribution in [3.63, 3.8) is 0 Å². The number of ether oxygens (including phenoxy) is 1. The van der Waals surface area contributed by atoms with E-state index in [2.05, 4.69) is 4.72 Å². The first-order valence-electron chi connectivity index (χ1n) is 9.66. The lowest BCUT2D eigenvalue weighted by Crippen LogP contribution is -2.55. The first kappa shape index (κ1) is 20.3.